The van der Waals surface area contributed by atoms with Crippen LogP contribution in [0.5, 0.6) is 11.5 Å². The Balaban J connectivity index is 1.78. The molecule has 34 heavy (non-hydrogen) atoms. The van der Waals surface area contributed by atoms with Crippen LogP contribution in [0.4, 0.5) is 11.5 Å². The Morgan fingerprint density at radius 2 is 1.65 bits per heavy atom. The first-order chi connectivity index (χ1) is 16.5. The van der Waals surface area contributed by atoms with Gasteiger partial charge in [0, 0.05) is 11.8 Å². The summed E-state index contributed by atoms with van der Waals surface area (Å²) in [5.41, 5.74) is 11.4. The highest BCUT2D eigenvalue weighted by atomic mass is 16.5. The van der Waals surface area contributed by atoms with E-state index in [1.807, 2.05) is 55.5 Å². The zero-order chi connectivity index (χ0) is 23.8. The number of aromatic nitrogens is 3. The van der Waals surface area contributed by atoms with Crippen LogP contribution in [0.1, 0.15) is 15.9 Å². The van der Waals surface area contributed by atoms with E-state index >= 15 is 0 Å². The van der Waals surface area contributed by atoms with Crippen molar-refractivity contribution in [2.75, 3.05) is 25.3 Å². The number of methoxy groups -OCH3 is 2. The molecule has 0 fully saturated rings. The maximum Gasteiger partial charge on any atom is 0.261 e. The quantitative estimate of drug-likeness (QED) is 0.399. The van der Waals surface area contributed by atoms with Crippen molar-refractivity contribution in [1.82, 2.24) is 14.5 Å². The van der Waals surface area contributed by atoms with Crippen LogP contribution in [-0.2, 0) is 0 Å². The summed E-state index contributed by atoms with van der Waals surface area (Å²) in [6.45, 7) is 1.99. The lowest BCUT2D eigenvalue weighted by atomic mass is 10.2. The molecular formula is C26H23N5O3. The third kappa shape index (κ3) is 3.55. The molecule has 0 radical (unpaired) electrons. The van der Waals surface area contributed by atoms with E-state index in [9.17, 15) is 4.79 Å². The number of nitrogens with two attached hydrogens (primary N) is 1. The fourth-order valence-electron chi connectivity index (χ4n) is 3.93. The molecule has 0 saturated carbocycles. The van der Waals surface area contributed by atoms with E-state index in [-0.39, 0.29) is 17.3 Å². The first kappa shape index (κ1) is 21.3. The van der Waals surface area contributed by atoms with Crippen LogP contribution in [0.25, 0.3) is 27.9 Å². The summed E-state index contributed by atoms with van der Waals surface area (Å²) in [6.07, 6.45) is 0. The number of aryl methyl sites for hydroxylation is 1. The third-order valence-corrected chi connectivity index (χ3v) is 5.66. The Morgan fingerprint density at radius 3 is 2.32 bits per heavy atom. The van der Waals surface area contributed by atoms with Gasteiger partial charge in [0.25, 0.3) is 5.91 Å². The fourth-order valence-corrected chi connectivity index (χ4v) is 3.93. The molecular weight excluding hydrogens is 430 g/mol. The smallest absolute Gasteiger partial charge is 0.261 e. The lowest BCUT2D eigenvalue weighted by Crippen LogP contribution is -2.14. The second-order valence-corrected chi connectivity index (χ2v) is 7.84. The van der Waals surface area contributed by atoms with Crippen LogP contribution in [0.15, 0.2) is 66.7 Å². The number of carbonyl (C=O) groups excluding carboxylic acids is 1. The summed E-state index contributed by atoms with van der Waals surface area (Å²) in [5.74, 6) is 0.972. The van der Waals surface area contributed by atoms with Gasteiger partial charge in [-0.3, -0.25) is 9.36 Å². The average molecular weight is 454 g/mol. The molecule has 5 rings (SSSR count). The molecule has 5 aromatic rings. The Hall–Kier alpha value is -4.59. The van der Waals surface area contributed by atoms with Crippen LogP contribution in [-0.4, -0.2) is 34.7 Å². The minimum atomic E-state index is -0.378. The monoisotopic (exact) mass is 453 g/mol. The van der Waals surface area contributed by atoms with Gasteiger partial charge in [0.05, 0.1) is 30.9 Å². The van der Waals surface area contributed by atoms with Gasteiger partial charge >= 0.3 is 0 Å². The topological polar surface area (TPSA) is 104 Å². The highest BCUT2D eigenvalue weighted by Gasteiger charge is 2.26. The number of rotatable bonds is 5. The number of amides is 1. The van der Waals surface area contributed by atoms with Gasteiger partial charge in [0.15, 0.2) is 5.65 Å². The van der Waals surface area contributed by atoms with E-state index in [1.54, 1.807) is 37.0 Å². The van der Waals surface area contributed by atoms with Gasteiger partial charge in [-0.1, -0.05) is 29.8 Å². The van der Waals surface area contributed by atoms with Crippen molar-refractivity contribution in [2.45, 2.75) is 6.92 Å². The summed E-state index contributed by atoms with van der Waals surface area (Å²) in [6, 6.07) is 20.4. The number of ether oxygens (including phenoxy) is 2. The van der Waals surface area contributed by atoms with Crippen LogP contribution in [0.2, 0.25) is 0 Å². The van der Waals surface area contributed by atoms with Gasteiger partial charge in [0.1, 0.15) is 28.4 Å². The lowest BCUT2D eigenvalue weighted by molar-refractivity contribution is 0.102. The number of hydrogen-bond donors (Lipinski definition) is 2. The Morgan fingerprint density at radius 1 is 0.941 bits per heavy atom. The Labute approximate surface area is 196 Å². The standard InChI is InChI=1S/C26H23N5O3/c1-15-8-10-16(11-9-15)28-26(32)22-23-25(30-19-7-5-4-6-18(19)29-23)31(24(22)27)20-14-17(33-2)12-13-21(20)34-3/h4-14H,27H2,1-3H3,(H,28,32). The van der Waals surface area contributed by atoms with Gasteiger partial charge in [-0.25, -0.2) is 9.97 Å². The Bertz CT molecular complexity index is 1540. The molecule has 0 aliphatic carbocycles. The van der Waals surface area contributed by atoms with Crippen LogP contribution < -0.4 is 20.5 Å². The first-order valence-corrected chi connectivity index (χ1v) is 10.7. The maximum atomic E-state index is 13.5. The number of carbonyl (C=O) groups is 1. The third-order valence-electron chi connectivity index (χ3n) is 5.66. The molecule has 0 atom stereocenters. The molecule has 0 spiro atoms. The molecule has 0 bridgehead atoms. The first-order valence-electron chi connectivity index (χ1n) is 10.7. The molecule has 0 unspecified atom stereocenters. The largest absolute Gasteiger partial charge is 0.497 e. The van der Waals surface area contributed by atoms with Crippen molar-refractivity contribution in [3.8, 4) is 17.2 Å². The molecule has 3 N–H and O–H groups in total. The lowest BCUT2D eigenvalue weighted by Gasteiger charge is -2.14. The molecule has 3 aromatic carbocycles. The SMILES string of the molecule is COc1ccc(OC)c(-n2c(N)c(C(=O)Nc3ccc(C)cc3)c3nc4ccccc4nc32)c1. The average Bonchev–Trinajstić information content (AvgIpc) is 3.14. The summed E-state index contributed by atoms with van der Waals surface area (Å²) < 4.78 is 12.7. The second-order valence-electron chi connectivity index (χ2n) is 7.84. The summed E-state index contributed by atoms with van der Waals surface area (Å²) in [4.78, 5) is 23.0. The molecule has 8 heteroatoms. The van der Waals surface area contributed by atoms with Crippen molar-refractivity contribution in [2.24, 2.45) is 0 Å². The van der Waals surface area contributed by atoms with Crippen LogP contribution >= 0.6 is 0 Å². The number of nitrogens with zero attached hydrogens (tertiary/aromatic N) is 3. The zero-order valence-electron chi connectivity index (χ0n) is 19.0. The predicted molar refractivity (Wildman–Crippen MR) is 133 cm³/mol. The van der Waals surface area contributed by atoms with Crippen molar-refractivity contribution < 1.29 is 14.3 Å². The second kappa shape index (κ2) is 8.40. The number of fused-ring (bicyclic) bond motifs is 2. The number of benzene rings is 3. The Kier molecular flexibility index (Phi) is 5.25. The zero-order valence-corrected chi connectivity index (χ0v) is 19.0. The van der Waals surface area contributed by atoms with E-state index in [4.69, 9.17) is 25.2 Å². The van der Waals surface area contributed by atoms with E-state index < -0.39 is 0 Å². The van der Waals surface area contributed by atoms with Gasteiger partial charge in [0.2, 0.25) is 0 Å². The van der Waals surface area contributed by atoms with Crippen LogP contribution in [0, 0.1) is 6.92 Å². The van der Waals surface area contributed by atoms with Gasteiger partial charge in [-0.2, -0.15) is 0 Å². The number of hydrogen-bond acceptors (Lipinski definition) is 6. The van der Waals surface area contributed by atoms with Gasteiger partial charge < -0.3 is 20.5 Å². The fraction of sp³-hybridized carbons (Fsp3) is 0.115. The van der Waals surface area contributed by atoms with Crippen LogP contribution in [0.3, 0.4) is 0 Å². The molecule has 0 aliphatic rings. The number of nitrogen functional groups attached to an aromatic ring is 1. The molecule has 0 aliphatic heterocycles. The molecule has 2 heterocycles. The highest BCUT2D eigenvalue weighted by Crippen LogP contribution is 2.36. The van der Waals surface area contributed by atoms with E-state index in [0.29, 0.717) is 45.1 Å². The predicted octanol–water partition coefficient (Wildman–Crippen LogP) is 4.73. The minimum Gasteiger partial charge on any atom is -0.497 e. The van der Waals surface area contributed by atoms with Gasteiger partial charge in [-0.15, -0.1) is 0 Å². The van der Waals surface area contributed by atoms with E-state index in [1.165, 1.54) is 0 Å². The van der Waals surface area contributed by atoms with E-state index in [2.05, 4.69) is 5.32 Å². The highest BCUT2D eigenvalue weighted by molar-refractivity contribution is 6.16. The molecule has 1 amide bonds. The molecule has 0 saturated heterocycles. The van der Waals surface area contributed by atoms with Crippen molar-refractivity contribution in [3.63, 3.8) is 0 Å². The molecule has 8 nitrogen and oxygen atoms in total. The van der Waals surface area contributed by atoms with Gasteiger partial charge in [-0.05, 0) is 43.3 Å². The molecule has 2 aromatic heterocycles. The number of nitrogens with one attached hydrogen (secondary N) is 1. The normalized spacial score (nSPS) is 11.0. The van der Waals surface area contributed by atoms with E-state index in [0.717, 1.165) is 5.56 Å². The van der Waals surface area contributed by atoms with Crippen molar-refractivity contribution in [1.29, 1.82) is 0 Å². The number of para-hydroxylation sites is 2. The minimum absolute atomic E-state index is 0.196. The van der Waals surface area contributed by atoms with Crippen molar-refractivity contribution >= 4 is 39.6 Å². The maximum absolute atomic E-state index is 13.5. The summed E-state index contributed by atoms with van der Waals surface area (Å²) >= 11 is 0. The summed E-state index contributed by atoms with van der Waals surface area (Å²) in [5, 5.41) is 2.93. The number of anilines is 2. The van der Waals surface area contributed by atoms with Crippen molar-refractivity contribution in [3.05, 3.63) is 77.9 Å². The molecule has 170 valence electrons. The summed E-state index contributed by atoms with van der Waals surface area (Å²) in [7, 11) is 3.15.